The number of hydrogen-bond acceptors (Lipinski definition) is 3. The van der Waals surface area contributed by atoms with Gasteiger partial charge in [0.15, 0.2) is 0 Å². The Bertz CT molecular complexity index is 450. The molecule has 0 fully saturated rings. The van der Waals surface area contributed by atoms with E-state index in [9.17, 15) is 9.59 Å². The van der Waals surface area contributed by atoms with Gasteiger partial charge in [0.1, 0.15) is 6.29 Å². The van der Waals surface area contributed by atoms with E-state index in [4.69, 9.17) is 4.74 Å². The average molecular weight is 318 g/mol. The maximum absolute atomic E-state index is 11.9. The number of hydrogen-bond donors (Lipinski definition) is 0. The Hall–Kier alpha value is -1.64. The molecule has 0 saturated heterocycles. The van der Waals surface area contributed by atoms with Gasteiger partial charge >= 0.3 is 5.97 Å². The van der Waals surface area contributed by atoms with E-state index in [0.717, 1.165) is 18.3 Å². The van der Waals surface area contributed by atoms with Crippen LogP contribution >= 0.6 is 0 Å². The molecular weight excluding hydrogens is 288 g/mol. The van der Waals surface area contributed by atoms with Crippen LogP contribution in [0.2, 0.25) is 0 Å². The average Bonchev–Trinajstić information content (AvgIpc) is 2.59. The molecule has 0 heterocycles. The summed E-state index contributed by atoms with van der Waals surface area (Å²) in [5.41, 5.74) is 2.24. The van der Waals surface area contributed by atoms with Crippen molar-refractivity contribution in [3.63, 3.8) is 0 Å². The van der Waals surface area contributed by atoms with Crippen molar-refractivity contribution in [1.82, 2.24) is 0 Å². The summed E-state index contributed by atoms with van der Waals surface area (Å²) >= 11 is 0. The van der Waals surface area contributed by atoms with Crippen LogP contribution in [0.25, 0.3) is 0 Å². The third-order valence-corrected chi connectivity index (χ3v) is 4.26. The summed E-state index contributed by atoms with van der Waals surface area (Å²) in [6.45, 7) is 2.23. The first kappa shape index (κ1) is 19.4. The molecule has 0 radical (unpaired) electrons. The Morgan fingerprint density at radius 3 is 2.35 bits per heavy atom. The van der Waals surface area contributed by atoms with Crippen molar-refractivity contribution in [2.24, 2.45) is 0 Å². The Kier molecular flexibility index (Phi) is 10.0. The van der Waals surface area contributed by atoms with Crippen molar-refractivity contribution >= 4 is 12.3 Å². The first-order valence-corrected chi connectivity index (χ1v) is 8.83. The van der Waals surface area contributed by atoms with Crippen LogP contribution in [-0.2, 0) is 20.7 Å². The number of unbranched alkanes of at least 4 members (excludes halogenated alkanes) is 5. The molecule has 0 N–H and O–H groups in total. The van der Waals surface area contributed by atoms with E-state index in [2.05, 4.69) is 19.1 Å². The first-order chi connectivity index (χ1) is 11.2. The zero-order chi connectivity index (χ0) is 16.9. The smallest absolute Gasteiger partial charge is 0.313 e. The highest BCUT2D eigenvalue weighted by Gasteiger charge is 2.20. The fourth-order valence-electron chi connectivity index (χ4n) is 2.82. The van der Waals surface area contributed by atoms with Crippen molar-refractivity contribution in [3.05, 3.63) is 35.4 Å². The Morgan fingerprint density at radius 1 is 1.09 bits per heavy atom. The number of benzene rings is 1. The lowest BCUT2D eigenvalue weighted by Gasteiger charge is -2.14. The van der Waals surface area contributed by atoms with Crippen LogP contribution in [0.3, 0.4) is 0 Å². The normalized spacial score (nSPS) is 11.9. The molecule has 1 aromatic carbocycles. The van der Waals surface area contributed by atoms with Crippen molar-refractivity contribution < 1.29 is 14.3 Å². The van der Waals surface area contributed by atoms with Gasteiger partial charge in [-0.25, -0.2) is 0 Å². The number of methoxy groups -OCH3 is 1. The van der Waals surface area contributed by atoms with Gasteiger partial charge < -0.3 is 9.53 Å². The summed E-state index contributed by atoms with van der Waals surface area (Å²) in [5.74, 6) is -0.608. The molecule has 0 bridgehead atoms. The van der Waals surface area contributed by atoms with Gasteiger partial charge in [-0.15, -0.1) is 0 Å². The zero-order valence-corrected chi connectivity index (χ0v) is 14.6. The zero-order valence-electron chi connectivity index (χ0n) is 14.6. The summed E-state index contributed by atoms with van der Waals surface area (Å²) in [4.78, 5) is 22.4. The highest BCUT2D eigenvalue weighted by atomic mass is 16.5. The SMILES string of the molecule is CCCCCCCCc1ccc(C(CCC=O)C(=O)OC)cc1. The van der Waals surface area contributed by atoms with E-state index in [1.165, 1.54) is 51.2 Å². The number of carbonyl (C=O) groups is 2. The topological polar surface area (TPSA) is 43.4 Å². The summed E-state index contributed by atoms with van der Waals surface area (Å²) in [7, 11) is 1.39. The van der Waals surface area contributed by atoms with E-state index in [1.54, 1.807) is 0 Å². The van der Waals surface area contributed by atoms with Crippen LogP contribution in [0.5, 0.6) is 0 Å². The van der Waals surface area contributed by atoms with E-state index in [1.807, 2.05) is 12.1 Å². The third-order valence-electron chi connectivity index (χ3n) is 4.26. The van der Waals surface area contributed by atoms with Gasteiger partial charge in [0.2, 0.25) is 0 Å². The molecule has 1 rings (SSSR count). The predicted octanol–water partition coefficient (Wildman–Crippen LogP) is 4.83. The van der Waals surface area contributed by atoms with E-state index < -0.39 is 0 Å². The largest absolute Gasteiger partial charge is 0.469 e. The fourth-order valence-corrected chi connectivity index (χ4v) is 2.82. The molecule has 0 aromatic heterocycles. The minimum Gasteiger partial charge on any atom is -0.469 e. The Balaban J connectivity index is 2.49. The van der Waals surface area contributed by atoms with Gasteiger partial charge in [0.05, 0.1) is 13.0 Å². The molecule has 3 nitrogen and oxygen atoms in total. The van der Waals surface area contributed by atoms with Gasteiger partial charge in [-0.3, -0.25) is 4.79 Å². The van der Waals surface area contributed by atoms with Gasteiger partial charge in [0.25, 0.3) is 0 Å². The van der Waals surface area contributed by atoms with Crippen LogP contribution in [0, 0.1) is 0 Å². The van der Waals surface area contributed by atoms with Crippen LogP contribution in [0.4, 0.5) is 0 Å². The monoisotopic (exact) mass is 318 g/mol. The van der Waals surface area contributed by atoms with Crippen LogP contribution in [-0.4, -0.2) is 19.4 Å². The number of rotatable bonds is 12. The highest BCUT2D eigenvalue weighted by molar-refractivity contribution is 5.78. The lowest BCUT2D eigenvalue weighted by atomic mass is 9.93. The molecule has 0 aliphatic rings. The summed E-state index contributed by atoms with van der Waals surface area (Å²) in [6, 6.07) is 8.19. The number of ether oxygens (including phenoxy) is 1. The van der Waals surface area contributed by atoms with Crippen molar-refractivity contribution in [2.45, 2.75) is 70.6 Å². The highest BCUT2D eigenvalue weighted by Crippen LogP contribution is 2.23. The number of aryl methyl sites for hydroxylation is 1. The summed E-state index contributed by atoms with van der Waals surface area (Å²) in [5, 5.41) is 0. The molecule has 0 amide bonds. The molecule has 0 aliphatic carbocycles. The lowest BCUT2D eigenvalue weighted by molar-refractivity contribution is -0.142. The molecular formula is C20H30O3. The summed E-state index contributed by atoms with van der Waals surface area (Å²) < 4.78 is 4.85. The minimum atomic E-state index is -0.340. The first-order valence-electron chi connectivity index (χ1n) is 8.83. The third kappa shape index (κ3) is 7.45. The molecule has 1 atom stereocenters. The van der Waals surface area contributed by atoms with Crippen molar-refractivity contribution in [2.75, 3.05) is 7.11 Å². The van der Waals surface area contributed by atoms with Crippen LogP contribution in [0.15, 0.2) is 24.3 Å². The second-order valence-electron chi connectivity index (χ2n) is 6.08. The maximum atomic E-state index is 11.9. The second kappa shape index (κ2) is 11.9. The van der Waals surface area contributed by atoms with Crippen LogP contribution < -0.4 is 0 Å². The molecule has 3 heteroatoms. The molecule has 0 spiro atoms. The van der Waals surface area contributed by atoms with Gasteiger partial charge in [-0.2, -0.15) is 0 Å². The molecule has 0 saturated carbocycles. The minimum absolute atomic E-state index is 0.268. The number of esters is 1. The number of carbonyl (C=O) groups excluding carboxylic acids is 2. The maximum Gasteiger partial charge on any atom is 0.313 e. The molecule has 128 valence electrons. The molecule has 1 unspecified atom stereocenters. The molecule has 1 aromatic rings. The predicted molar refractivity (Wildman–Crippen MR) is 93.6 cm³/mol. The summed E-state index contributed by atoms with van der Waals surface area (Å²) in [6.07, 6.45) is 10.6. The molecule has 0 aliphatic heterocycles. The molecule has 23 heavy (non-hydrogen) atoms. The lowest BCUT2D eigenvalue weighted by Crippen LogP contribution is -2.14. The van der Waals surface area contributed by atoms with Gasteiger partial charge in [-0.05, 0) is 30.4 Å². The van der Waals surface area contributed by atoms with Gasteiger partial charge in [-0.1, -0.05) is 63.3 Å². The van der Waals surface area contributed by atoms with Crippen LogP contribution in [0.1, 0.15) is 75.3 Å². The second-order valence-corrected chi connectivity index (χ2v) is 6.08. The Labute approximate surface area is 140 Å². The quantitative estimate of drug-likeness (QED) is 0.315. The van der Waals surface area contributed by atoms with Gasteiger partial charge in [0, 0.05) is 6.42 Å². The fraction of sp³-hybridized carbons (Fsp3) is 0.600. The Morgan fingerprint density at radius 2 is 1.74 bits per heavy atom. The van der Waals surface area contributed by atoms with Crippen molar-refractivity contribution in [1.29, 1.82) is 0 Å². The van der Waals surface area contributed by atoms with E-state index in [-0.39, 0.29) is 11.9 Å². The van der Waals surface area contributed by atoms with Crippen molar-refractivity contribution in [3.8, 4) is 0 Å². The van der Waals surface area contributed by atoms with E-state index >= 15 is 0 Å². The number of aldehydes is 1. The standard InChI is InChI=1S/C20H30O3/c1-3-4-5-6-7-8-10-17-12-14-18(15-13-17)19(11-9-16-21)20(22)23-2/h12-16,19H,3-11H2,1-2H3. The van der Waals surface area contributed by atoms with E-state index in [0.29, 0.717) is 12.8 Å².